The van der Waals surface area contributed by atoms with Crippen molar-refractivity contribution >= 4 is 11.6 Å². The molecule has 20 heavy (non-hydrogen) atoms. The highest BCUT2D eigenvalue weighted by atomic mass is 35.5. The van der Waals surface area contributed by atoms with Crippen molar-refractivity contribution in [2.24, 2.45) is 0 Å². The predicted octanol–water partition coefficient (Wildman–Crippen LogP) is 3.91. The van der Waals surface area contributed by atoms with Gasteiger partial charge in [0.25, 0.3) is 0 Å². The number of phenolic OH excluding ortho intramolecular Hbond substituents is 1. The van der Waals surface area contributed by atoms with Gasteiger partial charge in [-0.3, -0.25) is 0 Å². The molecule has 1 atom stereocenters. The zero-order valence-electron chi connectivity index (χ0n) is 11.6. The second-order valence-corrected chi connectivity index (χ2v) is 5.10. The van der Waals surface area contributed by atoms with Gasteiger partial charge in [-0.05, 0) is 42.3 Å². The van der Waals surface area contributed by atoms with Gasteiger partial charge < -0.3 is 15.2 Å². The molecule has 0 aromatic heterocycles. The van der Waals surface area contributed by atoms with Crippen LogP contribution in [0.1, 0.15) is 24.1 Å². The average Bonchev–Trinajstić information content (AvgIpc) is 2.45. The van der Waals surface area contributed by atoms with Gasteiger partial charge in [-0.15, -0.1) is 0 Å². The first kappa shape index (κ1) is 14.7. The van der Waals surface area contributed by atoms with Crippen LogP contribution >= 0.6 is 11.6 Å². The van der Waals surface area contributed by atoms with Crippen molar-refractivity contribution in [1.29, 1.82) is 0 Å². The molecule has 106 valence electrons. The van der Waals surface area contributed by atoms with E-state index in [4.69, 9.17) is 16.3 Å². The number of aromatic hydroxyl groups is 1. The maximum Gasteiger partial charge on any atom is 0.160 e. The van der Waals surface area contributed by atoms with Gasteiger partial charge in [0.2, 0.25) is 0 Å². The Labute approximate surface area is 124 Å². The van der Waals surface area contributed by atoms with Crippen molar-refractivity contribution in [2.45, 2.75) is 19.5 Å². The van der Waals surface area contributed by atoms with Crippen LogP contribution in [-0.4, -0.2) is 12.2 Å². The number of hydrogen-bond acceptors (Lipinski definition) is 3. The molecule has 0 aliphatic carbocycles. The van der Waals surface area contributed by atoms with Crippen molar-refractivity contribution in [3.8, 4) is 11.5 Å². The van der Waals surface area contributed by atoms with E-state index in [9.17, 15) is 5.11 Å². The van der Waals surface area contributed by atoms with E-state index in [0.717, 1.165) is 10.6 Å². The third kappa shape index (κ3) is 3.65. The highest BCUT2D eigenvalue weighted by Crippen LogP contribution is 2.26. The van der Waals surface area contributed by atoms with Crippen LogP contribution in [0.2, 0.25) is 5.02 Å². The summed E-state index contributed by atoms with van der Waals surface area (Å²) in [7, 11) is 1.54. The van der Waals surface area contributed by atoms with Gasteiger partial charge in [-0.25, -0.2) is 0 Å². The molecule has 3 nitrogen and oxygen atoms in total. The monoisotopic (exact) mass is 291 g/mol. The Hall–Kier alpha value is -1.71. The summed E-state index contributed by atoms with van der Waals surface area (Å²) in [5, 5.41) is 13.9. The van der Waals surface area contributed by atoms with Crippen LogP contribution in [-0.2, 0) is 6.54 Å². The van der Waals surface area contributed by atoms with Crippen LogP contribution in [0.5, 0.6) is 11.5 Å². The fraction of sp³-hybridized carbons (Fsp3) is 0.250. The molecule has 0 amide bonds. The summed E-state index contributed by atoms with van der Waals surface area (Å²) in [6, 6.07) is 13.4. The number of nitrogens with one attached hydrogen (secondary N) is 1. The molecule has 0 saturated carbocycles. The van der Waals surface area contributed by atoms with Crippen molar-refractivity contribution in [1.82, 2.24) is 5.32 Å². The minimum absolute atomic E-state index is 0.158. The lowest BCUT2D eigenvalue weighted by Crippen LogP contribution is -2.17. The van der Waals surface area contributed by atoms with Crippen LogP contribution in [0, 0.1) is 0 Å². The summed E-state index contributed by atoms with van der Waals surface area (Å²) in [4.78, 5) is 0. The van der Waals surface area contributed by atoms with Crippen molar-refractivity contribution in [3.05, 3.63) is 58.6 Å². The minimum atomic E-state index is 0.158. The molecule has 0 saturated heterocycles. The number of hydrogen-bond donors (Lipinski definition) is 2. The number of ether oxygens (including phenoxy) is 1. The standard InChI is InChI=1S/C16H18ClNO2/c1-11(13-4-6-14(17)7-5-13)18-10-12-3-8-16(20-2)15(19)9-12/h3-9,11,18-19H,10H2,1-2H3/t11-/m0/s1. The SMILES string of the molecule is COc1ccc(CN[C@@H](C)c2ccc(Cl)cc2)cc1O. The lowest BCUT2D eigenvalue weighted by molar-refractivity contribution is 0.373. The Morgan fingerprint density at radius 1 is 1.20 bits per heavy atom. The molecule has 0 fully saturated rings. The molecule has 0 bridgehead atoms. The number of methoxy groups -OCH3 is 1. The molecule has 2 aromatic rings. The number of phenols is 1. The summed E-state index contributed by atoms with van der Waals surface area (Å²) in [6.07, 6.45) is 0. The maximum absolute atomic E-state index is 9.74. The van der Waals surface area contributed by atoms with Gasteiger partial charge >= 0.3 is 0 Å². The minimum Gasteiger partial charge on any atom is -0.504 e. The highest BCUT2D eigenvalue weighted by molar-refractivity contribution is 6.30. The smallest absolute Gasteiger partial charge is 0.160 e. The third-order valence-corrected chi connectivity index (χ3v) is 3.48. The Morgan fingerprint density at radius 2 is 1.90 bits per heavy atom. The summed E-state index contributed by atoms with van der Waals surface area (Å²) in [6.45, 7) is 2.76. The van der Waals surface area contributed by atoms with Crippen molar-refractivity contribution < 1.29 is 9.84 Å². The van der Waals surface area contributed by atoms with E-state index in [1.165, 1.54) is 12.7 Å². The molecule has 2 N–H and O–H groups in total. The van der Waals surface area contributed by atoms with E-state index < -0.39 is 0 Å². The normalized spacial score (nSPS) is 12.2. The van der Waals surface area contributed by atoms with E-state index in [1.54, 1.807) is 12.1 Å². The number of halogens is 1. The van der Waals surface area contributed by atoms with Crippen LogP contribution in [0.3, 0.4) is 0 Å². The molecule has 0 unspecified atom stereocenters. The first-order valence-electron chi connectivity index (χ1n) is 6.45. The second-order valence-electron chi connectivity index (χ2n) is 4.66. The van der Waals surface area contributed by atoms with Gasteiger partial charge in [-0.2, -0.15) is 0 Å². The zero-order chi connectivity index (χ0) is 14.5. The Bertz CT molecular complexity index is 569. The molecule has 2 rings (SSSR count). The third-order valence-electron chi connectivity index (χ3n) is 3.23. The Balaban J connectivity index is 1.97. The quantitative estimate of drug-likeness (QED) is 0.878. The molecule has 0 spiro atoms. The van der Waals surface area contributed by atoms with Crippen molar-refractivity contribution in [2.75, 3.05) is 7.11 Å². The molecule has 0 aliphatic rings. The maximum atomic E-state index is 9.74. The van der Waals surface area contributed by atoms with Gasteiger partial charge in [0.05, 0.1) is 7.11 Å². The first-order valence-corrected chi connectivity index (χ1v) is 6.82. The van der Waals surface area contributed by atoms with E-state index in [-0.39, 0.29) is 11.8 Å². The molecule has 4 heteroatoms. The number of benzene rings is 2. The fourth-order valence-corrected chi connectivity index (χ4v) is 2.11. The topological polar surface area (TPSA) is 41.5 Å². The van der Waals surface area contributed by atoms with Crippen LogP contribution < -0.4 is 10.1 Å². The second kappa shape index (κ2) is 6.64. The predicted molar refractivity (Wildman–Crippen MR) is 81.4 cm³/mol. The summed E-state index contributed by atoms with van der Waals surface area (Å²) >= 11 is 5.88. The highest BCUT2D eigenvalue weighted by Gasteiger charge is 2.06. The number of rotatable bonds is 5. The van der Waals surface area contributed by atoms with E-state index in [1.807, 2.05) is 30.3 Å². The fourth-order valence-electron chi connectivity index (χ4n) is 1.99. The van der Waals surface area contributed by atoms with Crippen LogP contribution in [0.4, 0.5) is 0 Å². The van der Waals surface area contributed by atoms with E-state index >= 15 is 0 Å². The lowest BCUT2D eigenvalue weighted by Gasteiger charge is -2.15. The largest absolute Gasteiger partial charge is 0.504 e. The molecule has 0 radical (unpaired) electrons. The van der Waals surface area contributed by atoms with Gasteiger partial charge in [0, 0.05) is 17.6 Å². The van der Waals surface area contributed by atoms with Gasteiger partial charge in [-0.1, -0.05) is 29.8 Å². The lowest BCUT2D eigenvalue weighted by atomic mass is 10.1. The van der Waals surface area contributed by atoms with E-state index in [2.05, 4.69) is 12.2 Å². The average molecular weight is 292 g/mol. The summed E-state index contributed by atoms with van der Waals surface area (Å²) in [5.74, 6) is 0.644. The zero-order valence-corrected chi connectivity index (χ0v) is 12.3. The van der Waals surface area contributed by atoms with Gasteiger partial charge in [0.1, 0.15) is 0 Å². The van der Waals surface area contributed by atoms with Crippen molar-refractivity contribution in [3.63, 3.8) is 0 Å². The van der Waals surface area contributed by atoms with E-state index in [0.29, 0.717) is 12.3 Å². The molecule has 0 heterocycles. The van der Waals surface area contributed by atoms with Gasteiger partial charge in [0.15, 0.2) is 11.5 Å². The Kier molecular flexibility index (Phi) is 4.88. The molecular formula is C16H18ClNO2. The molecule has 0 aliphatic heterocycles. The van der Waals surface area contributed by atoms with Crippen LogP contribution in [0.25, 0.3) is 0 Å². The molecule has 2 aromatic carbocycles. The van der Waals surface area contributed by atoms with Crippen LogP contribution in [0.15, 0.2) is 42.5 Å². The Morgan fingerprint density at radius 3 is 2.50 bits per heavy atom. The molecular weight excluding hydrogens is 274 g/mol. The first-order chi connectivity index (χ1) is 9.60. The summed E-state index contributed by atoms with van der Waals surface area (Å²) in [5.41, 5.74) is 2.18. The summed E-state index contributed by atoms with van der Waals surface area (Å²) < 4.78 is 5.02.